The predicted octanol–water partition coefficient (Wildman–Crippen LogP) is 3.39. The number of carbonyl (C=O) groups excluding carboxylic acids is 1. The summed E-state index contributed by atoms with van der Waals surface area (Å²) in [6, 6.07) is 8.19. The van der Waals surface area contributed by atoms with Crippen molar-refractivity contribution in [2.24, 2.45) is 0 Å². The molecular formula is C16H21NO. The Morgan fingerprint density at radius 3 is 2.33 bits per heavy atom. The van der Waals surface area contributed by atoms with Crippen molar-refractivity contribution in [2.45, 2.75) is 20.3 Å². The minimum atomic E-state index is 0.102. The van der Waals surface area contributed by atoms with E-state index in [-0.39, 0.29) is 5.78 Å². The topological polar surface area (TPSA) is 20.3 Å². The molecule has 0 unspecified atom stereocenters. The molecule has 0 heterocycles. The summed E-state index contributed by atoms with van der Waals surface area (Å²) >= 11 is 0. The van der Waals surface area contributed by atoms with Crippen LogP contribution >= 0.6 is 0 Å². The standard InChI is InChI=1S/C16H21NO/c1-4-7-8-16(18)13-14-9-11-15(12-10-14)17(5-2)6-3/h4,7-12H,1,5-6,13H2,2-3H3. The summed E-state index contributed by atoms with van der Waals surface area (Å²) in [6.45, 7) is 9.82. The molecule has 0 saturated heterocycles. The number of allylic oxidation sites excluding steroid dienone is 3. The molecule has 1 aromatic rings. The quantitative estimate of drug-likeness (QED) is 0.540. The maximum Gasteiger partial charge on any atom is 0.160 e. The fourth-order valence-corrected chi connectivity index (χ4v) is 1.85. The third-order valence-electron chi connectivity index (χ3n) is 2.86. The number of nitrogens with zero attached hydrogens (tertiary/aromatic N) is 1. The van der Waals surface area contributed by atoms with E-state index in [9.17, 15) is 4.79 Å². The molecule has 0 aliphatic heterocycles. The van der Waals surface area contributed by atoms with Crippen LogP contribution in [-0.2, 0) is 11.2 Å². The molecule has 1 aromatic carbocycles. The van der Waals surface area contributed by atoms with Gasteiger partial charge in [-0.3, -0.25) is 4.79 Å². The second-order valence-corrected chi connectivity index (χ2v) is 4.08. The summed E-state index contributed by atoms with van der Waals surface area (Å²) in [5, 5.41) is 0. The van der Waals surface area contributed by atoms with Crippen molar-refractivity contribution in [3.63, 3.8) is 0 Å². The molecule has 2 nitrogen and oxygen atoms in total. The van der Waals surface area contributed by atoms with Crippen LogP contribution in [0.2, 0.25) is 0 Å². The molecular weight excluding hydrogens is 222 g/mol. The van der Waals surface area contributed by atoms with Crippen LogP contribution in [0.15, 0.2) is 49.1 Å². The first-order valence-corrected chi connectivity index (χ1v) is 6.37. The van der Waals surface area contributed by atoms with E-state index in [2.05, 4.69) is 37.5 Å². The van der Waals surface area contributed by atoms with Crippen molar-refractivity contribution < 1.29 is 4.79 Å². The first kappa shape index (κ1) is 14.2. The molecule has 0 saturated carbocycles. The van der Waals surface area contributed by atoms with Gasteiger partial charge in [-0.25, -0.2) is 0 Å². The molecule has 0 amide bonds. The maximum absolute atomic E-state index is 11.6. The van der Waals surface area contributed by atoms with E-state index in [1.807, 2.05) is 12.1 Å². The van der Waals surface area contributed by atoms with Gasteiger partial charge < -0.3 is 4.90 Å². The maximum atomic E-state index is 11.6. The van der Waals surface area contributed by atoms with Crippen molar-refractivity contribution >= 4 is 11.5 Å². The number of rotatable bonds is 7. The fourth-order valence-electron chi connectivity index (χ4n) is 1.85. The second-order valence-electron chi connectivity index (χ2n) is 4.08. The molecule has 18 heavy (non-hydrogen) atoms. The summed E-state index contributed by atoms with van der Waals surface area (Å²) < 4.78 is 0. The van der Waals surface area contributed by atoms with E-state index in [0.717, 1.165) is 18.7 Å². The van der Waals surface area contributed by atoms with Crippen molar-refractivity contribution in [3.8, 4) is 0 Å². The molecule has 0 radical (unpaired) electrons. The zero-order valence-corrected chi connectivity index (χ0v) is 11.2. The van der Waals surface area contributed by atoms with Gasteiger partial charge in [0.1, 0.15) is 0 Å². The highest BCUT2D eigenvalue weighted by Gasteiger charge is 2.03. The number of ketones is 1. The Kier molecular flexibility index (Phi) is 5.92. The zero-order chi connectivity index (χ0) is 13.4. The summed E-state index contributed by atoms with van der Waals surface area (Å²) in [5.41, 5.74) is 2.25. The van der Waals surface area contributed by atoms with Gasteiger partial charge in [0.05, 0.1) is 0 Å². The molecule has 0 bridgehead atoms. The summed E-state index contributed by atoms with van der Waals surface area (Å²) in [7, 11) is 0. The molecule has 1 rings (SSSR count). The molecule has 0 spiro atoms. The largest absolute Gasteiger partial charge is 0.372 e. The highest BCUT2D eigenvalue weighted by atomic mass is 16.1. The van der Waals surface area contributed by atoms with Gasteiger partial charge in [-0.05, 0) is 37.6 Å². The first-order chi connectivity index (χ1) is 8.71. The van der Waals surface area contributed by atoms with Crippen LogP contribution in [0.25, 0.3) is 0 Å². The highest BCUT2D eigenvalue weighted by Crippen LogP contribution is 2.15. The van der Waals surface area contributed by atoms with Gasteiger partial charge in [0.15, 0.2) is 5.78 Å². The molecule has 0 aliphatic rings. The van der Waals surface area contributed by atoms with E-state index < -0.39 is 0 Å². The summed E-state index contributed by atoms with van der Waals surface area (Å²) in [5.74, 6) is 0.102. The molecule has 0 N–H and O–H groups in total. The van der Waals surface area contributed by atoms with E-state index in [0.29, 0.717) is 6.42 Å². The molecule has 0 aromatic heterocycles. The lowest BCUT2D eigenvalue weighted by atomic mass is 10.1. The number of anilines is 1. The van der Waals surface area contributed by atoms with E-state index in [1.54, 1.807) is 18.2 Å². The van der Waals surface area contributed by atoms with Crippen LogP contribution < -0.4 is 4.90 Å². The minimum Gasteiger partial charge on any atom is -0.372 e. The fraction of sp³-hybridized carbons (Fsp3) is 0.312. The van der Waals surface area contributed by atoms with Gasteiger partial charge >= 0.3 is 0 Å². The number of carbonyl (C=O) groups is 1. The van der Waals surface area contributed by atoms with Gasteiger partial charge in [-0.15, -0.1) is 0 Å². The lowest BCUT2D eigenvalue weighted by Gasteiger charge is -2.21. The number of hydrogen-bond acceptors (Lipinski definition) is 2. The monoisotopic (exact) mass is 243 g/mol. The summed E-state index contributed by atoms with van der Waals surface area (Å²) in [4.78, 5) is 13.8. The van der Waals surface area contributed by atoms with Crippen LogP contribution in [0.4, 0.5) is 5.69 Å². The van der Waals surface area contributed by atoms with E-state index in [4.69, 9.17) is 0 Å². The average Bonchev–Trinajstić information content (AvgIpc) is 2.40. The van der Waals surface area contributed by atoms with Crippen molar-refractivity contribution in [2.75, 3.05) is 18.0 Å². The smallest absolute Gasteiger partial charge is 0.160 e. The summed E-state index contributed by atoms with van der Waals surface area (Å²) in [6.07, 6.45) is 5.29. The van der Waals surface area contributed by atoms with Gasteiger partial charge in [-0.1, -0.05) is 30.9 Å². The van der Waals surface area contributed by atoms with Crippen molar-refractivity contribution in [1.29, 1.82) is 0 Å². The average molecular weight is 243 g/mol. The van der Waals surface area contributed by atoms with Crippen molar-refractivity contribution in [3.05, 3.63) is 54.6 Å². The first-order valence-electron chi connectivity index (χ1n) is 6.37. The Morgan fingerprint density at radius 1 is 1.22 bits per heavy atom. The van der Waals surface area contributed by atoms with Crippen LogP contribution in [-0.4, -0.2) is 18.9 Å². The highest BCUT2D eigenvalue weighted by molar-refractivity contribution is 5.91. The van der Waals surface area contributed by atoms with Crippen LogP contribution in [0, 0.1) is 0 Å². The minimum absolute atomic E-state index is 0.102. The Balaban J connectivity index is 2.68. The number of benzene rings is 1. The second kappa shape index (κ2) is 7.49. The Labute approximate surface area is 110 Å². The molecule has 0 atom stereocenters. The van der Waals surface area contributed by atoms with Gasteiger partial charge in [0, 0.05) is 25.2 Å². The number of hydrogen-bond donors (Lipinski definition) is 0. The molecule has 0 aliphatic carbocycles. The molecule has 0 fully saturated rings. The van der Waals surface area contributed by atoms with Crippen LogP contribution in [0.1, 0.15) is 19.4 Å². The van der Waals surface area contributed by atoms with E-state index in [1.165, 1.54) is 5.69 Å². The normalized spacial score (nSPS) is 10.6. The lowest BCUT2D eigenvalue weighted by molar-refractivity contribution is -0.114. The lowest BCUT2D eigenvalue weighted by Crippen LogP contribution is -2.21. The molecule has 96 valence electrons. The van der Waals surface area contributed by atoms with Gasteiger partial charge in [-0.2, -0.15) is 0 Å². The van der Waals surface area contributed by atoms with E-state index >= 15 is 0 Å². The zero-order valence-electron chi connectivity index (χ0n) is 11.2. The third-order valence-corrected chi connectivity index (χ3v) is 2.86. The Hall–Kier alpha value is -1.83. The SMILES string of the molecule is C=CC=CC(=O)Cc1ccc(N(CC)CC)cc1. The Morgan fingerprint density at radius 2 is 1.83 bits per heavy atom. The molecule has 2 heteroatoms. The van der Waals surface area contributed by atoms with Crippen molar-refractivity contribution in [1.82, 2.24) is 0 Å². The van der Waals surface area contributed by atoms with Gasteiger partial charge in [0.2, 0.25) is 0 Å². The Bertz CT molecular complexity index is 413. The van der Waals surface area contributed by atoms with Gasteiger partial charge in [0.25, 0.3) is 0 Å². The third kappa shape index (κ3) is 4.21. The predicted molar refractivity (Wildman–Crippen MR) is 78.1 cm³/mol. The van der Waals surface area contributed by atoms with Crippen LogP contribution in [0.5, 0.6) is 0 Å². The van der Waals surface area contributed by atoms with Crippen LogP contribution in [0.3, 0.4) is 0 Å².